The van der Waals surface area contributed by atoms with Crippen LogP contribution in [0, 0.1) is 0 Å². The Morgan fingerprint density at radius 2 is 1.94 bits per heavy atom. The molecule has 0 saturated carbocycles. The predicted molar refractivity (Wildman–Crippen MR) is 69.6 cm³/mol. The molecule has 0 unspecified atom stereocenters. The van der Waals surface area contributed by atoms with Gasteiger partial charge in [0.1, 0.15) is 6.54 Å². The number of carbonyl (C=O) groups is 2. The normalized spacial score (nSPS) is 9.83. The summed E-state index contributed by atoms with van der Waals surface area (Å²) in [7, 11) is 1.96. The van der Waals surface area contributed by atoms with Gasteiger partial charge in [-0.3, -0.25) is 9.59 Å². The molecule has 1 aromatic rings. The van der Waals surface area contributed by atoms with Crippen LogP contribution in [0.5, 0.6) is 0 Å². The van der Waals surface area contributed by atoms with E-state index in [2.05, 4.69) is 10.2 Å². The Bertz CT molecular complexity index is 392. The molecule has 1 amide bonds. The molecule has 0 spiro atoms. The number of para-hydroxylation sites is 1. The van der Waals surface area contributed by atoms with E-state index in [0.717, 1.165) is 12.2 Å². The van der Waals surface area contributed by atoms with Gasteiger partial charge in [-0.1, -0.05) is 18.2 Å². The molecule has 0 fully saturated rings. The lowest BCUT2D eigenvalue weighted by Crippen LogP contribution is -2.30. The van der Waals surface area contributed by atoms with Gasteiger partial charge in [0.25, 0.3) is 0 Å². The summed E-state index contributed by atoms with van der Waals surface area (Å²) < 4.78 is 0. The average Bonchev–Trinajstić information content (AvgIpc) is 2.37. The Hall–Kier alpha value is -2.04. The summed E-state index contributed by atoms with van der Waals surface area (Å²) >= 11 is 0. The maximum Gasteiger partial charge on any atom is 0.322 e. The van der Waals surface area contributed by atoms with Crippen LogP contribution in [0.3, 0.4) is 0 Å². The number of anilines is 1. The van der Waals surface area contributed by atoms with Crippen molar-refractivity contribution in [1.82, 2.24) is 5.32 Å². The molecule has 0 heterocycles. The van der Waals surface area contributed by atoms with E-state index >= 15 is 0 Å². The summed E-state index contributed by atoms with van der Waals surface area (Å²) in [6, 6.07) is 9.89. The van der Waals surface area contributed by atoms with Gasteiger partial charge in [0, 0.05) is 25.7 Å². The fraction of sp³-hybridized carbons (Fsp3) is 0.385. The van der Waals surface area contributed by atoms with E-state index in [1.807, 2.05) is 37.4 Å². The highest BCUT2D eigenvalue weighted by atomic mass is 16.4. The van der Waals surface area contributed by atoms with Crippen molar-refractivity contribution in [3.63, 3.8) is 0 Å². The molecule has 1 rings (SSSR count). The van der Waals surface area contributed by atoms with E-state index in [1.165, 1.54) is 0 Å². The SMILES string of the molecule is CN(CCCC(=O)NCC(=O)O)c1ccccc1. The first-order valence-corrected chi connectivity index (χ1v) is 5.84. The van der Waals surface area contributed by atoms with Gasteiger partial charge in [-0.05, 0) is 18.6 Å². The molecule has 18 heavy (non-hydrogen) atoms. The highest BCUT2D eigenvalue weighted by molar-refractivity contribution is 5.81. The lowest BCUT2D eigenvalue weighted by atomic mass is 10.2. The van der Waals surface area contributed by atoms with Crippen molar-refractivity contribution < 1.29 is 14.7 Å². The molecule has 0 aliphatic heterocycles. The van der Waals surface area contributed by atoms with Crippen molar-refractivity contribution >= 4 is 17.6 Å². The van der Waals surface area contributed by atoms with Crippen molar-refractivity contribution in [3.8, 4) is 0 Å². The maximum absolute atomic E-state index is 11.3. The Balaban J connectivity index is 2.21. The molecule has 0 radical (unpaired) electrons. The van der Waals surface area contributed by atoms with Crippen molar-refractivity contribution in [3.05, 3.63) is 30.3 Å². The Labute approximate surface area is 106 Å². The van der Waals surface area contributed by atoms with Gasteiger partial charge >= 0.3 is 5.97 Å². The van der Waals surface area contributed by atoms with Crippen LogP contribution < -0.4 is 10.2 Å². The van der Waals surface area contributed by atoms with E-state index in [0.29, 0.717) is 12.8 Å². The summed E-state index contributed by atoms with van der Waals surface area (Å²) in [5.41, 5.74) is 1.10. The Morgan fingerprint density at radius 1 is 1.28 bits per heavy atom. The highest BCUT2D eigenvalue weighted by Crippen LogP contribution is 2.11. The van der Waals surface area contributed by atoms with E-state index < -0.39 is 5.97 Å². The smallest absolute Gasteiger partial charge is 0.322 e. The molecule has 98 valence electrons. The van der Waals surface area contributed by atoms with Gasteiger partial charge in [0.2, 0.25) is 5.91 Å². The van der Waals surface area contributed by atoms with Crippen LogP contribution in [0.25, 0.3) is 0 Å². The molecule has 1 aromatic carbocycles. The lowest BCUT2D eigenvalue weighted by molar-refractivity contribution is -0.137. The number of rotatable bonds is 7. The minimum absolute atomic E-state index is 0.223. The lowest BCUT2D eigenvalue weighted by Gasteiger charge is -2.18. The second-order valence-corrected chi connectivity index (χ2v) is 4.03. The second kappa shape index (κ2) is 7.32. The van der Waals surface area contributed by atoms with Crippen LogP contribution in [-0.4, -0.2) is 37.1 Å². The molecular weight excluding hydrogens is 232 g/mol. The van der Waals surface area contributed by atoms with Gasteiger partial charge in [-0.15, -0.1) is 0 Å². The number of nitrogens with one attached hydrogen (secondary N) is 1. The molecule has 0 aliphatic carbocycles. The van der Waals surface area contributed by atoms with E-state index in [-0.39, 0.29) is 12.5 Å². The number of amides is 1. The van der Waals surface area contributed by atoms with Crippen LogP contribution in [0.1, 0.15) is 12.8 Å². The Morgan fingerprint density at radius 3 is 2.56 bits per heavy atom. The number of carboxylic acids is 1. The number of hydrogen-bond donors (Lipinski definition) is 2. The molecule has 0 bridgehead atoms. The molecule has 0 aromatic heterocycles. The predicted octanol–water partition coefficient (Wildman–Crippen LogP) is 1.10. The standard InChI is InChI=1S/C13H18N2O3/c1-15(11-6-3-2-4-7-11)9-5-8-12(16)14-10-13(17)18/h2-4,6-7H,5,8-10H2,1H3,(H,14,16)(H,17,18). The second-order valence-electron chi connectivity index (χ2n) is 4.03. The van der Waals surface area contributed by atoms with E-state index in [1.54, 1.807) is 0 Å². The number of carbonyl (C=O) groups excluding carboxylic acids is 1. The molecule has 0 aliphatic rings. The minimum atomic E-state index is -1.02. The monoisotopic (exact) mass is 250 g/mol. The van der Waals surface area contributed by atoms with Gasteiger partial charge in [0.05, 0.1) is 0 Å². The molecule has 0 atom stereocenters. The summed E-state index contributed by atoms with van der Waals surface area (Å²) in [4.78, 5) is 23.6. The number of carboxylic acid groups (broad SMARTS) is 1. The maximum atomic E-state index is 11.3. The zero-order chi connectivity index (χ0) is 13.4. The molecule has 0 saturated heterocycles. The summed E-state index contributed by atoms with van der Waals surface area (Å²) in [6.07, 6.45) is 1.03. The summed E-state index contributed by atoms with van der Waals surface area (Å²) in [5.74, 6) is -1.25. The number of benzene rings is 1. The third kappa shape index (κ3) is 5.34. The zero-order valence-corrected chi connectivity index (χ0v) is 10.4. The van der Waals surface area contributed by atoms with Gasteiger partial charge in [0.15, 0.2) is 0 Å². The third-order valence-corrected chi connectivity index (χ3v) is 2.53. The number of nitrogens with zero attached hydrogens (tertiary/aromatic N) is 1. The average molecular weight is 250 g/mol. The fourth-order valence-electron chi connectivity index (χ4n) is 1.55. The van der Waals surface area contributed by atoms with Crippen LogP contribution in [0.2, 0.25) is 0 Å². The van der Waals surface area contributed by atoms with Crippen LogP contribution in [0.15, 0.2) is 30.3 Å². The first-order valence-electron chi connectivity index (χ1n) is 5.84. The van der Waals surface area contributed by atoms with E-state index in [9.17, 15) is 9.59 Å². The number of aliphatic carboxylic acids is 1. The first kappa shape index (κ1) is 14.0. The molecule has 5 heteroatoms. The zero-order valence-electron chi connectivity index (χ0n) is 10.4. The highest BCUT2D eigenvalue weighted by Gasteiger charge is 2.05. The third-order valence-electron chi connectivity index (χ3n) is 2.53. The van der Waals surface area contributed by atoms with Gasteiger partial charge < -0.3 is 15.3 Å². The van der Waals surface area contributed by atoms with Crippen molar-refractivity contribution in [2.75, 3.05) is 25.0 Å². The Kier molecular flexibility index (Phi) is 5.70. The quantitative estimate of drug-likeness (QED) is 0.760. The molecular formula is C13H18N2O3. The minimum Gasteiger partial charge on any atom is -0.480 e. The van der Waals surface area contributed by atoms with Crippen LogP contribution >= 0.6 is 0 Å². The topological polar surface area (TPSA) is 69.6 Å². The van der Waals surface area contributed by atoms with Crippen molar-refractivity contribution in [2.24, 2.45) is 0 Å². The van der Waals surface area contributed by atoms with E-state index in [4.69, 9.17) is 5.11 Å². The van der Waals surface area contributed by atoms with Crippen LogP contribution in [-0.2, 0) is 9.59 Å². The van der Waals surface area contributed by atoms with Crippen LogP contribution in [0.4, 0.5) is 5.69 Å². The fourth-order valence-corrected chi connectivity index (χ4v) is 1.55. The summed E-state index contributed by atoms with van der Waals surface area (Å²) in [6.45, 7) is 0.442. The van der Waals surface area contributed by atoms with Crippen molar-refractivity contribution in [2.45, 2.75) is 12.8 Å². The summed E-state index contributed by atoms with van der Waals surface area (Å²) in [5, 5.41) is 10.7. The molecule has 5 nitrogen and oxygen atoms in total. The first-order chi connectivity index (χ1) is 8.59. The number of hydrogen-bond acceptors (Lipinski definition) is 3. The van der Waals surface area contributed by atoms with Crippen molar-refractivity contribution in [1.29, 1.82) is 0 Å². The largest absolute Gasteiger partial charge is 0.480 e. The van der Waals surface area contributed by atoms with Gasteiger partial charge in [-0.2, -0.15) is 0 Å². The van der Waals surface area contributed by atoms with Gasteiger partial charge in [-0.25, -0.2) is 0 Å². The molecule has 2 N–H and O–H groups in total.